The highest BCUT2D eigenvalue weighted by Crippen LogP contribution is 2.49. The van der Waals surface area contributed by atoms with E-state index in [1.165, 1.54) is 55.2 Å². The maximum absolute atomic E-state index is 11.7. The van der Waals surface area contributed by atoms with Crippen molar-refractivity contribution in [2.45, 2.75) is 63.7 Å². The molecule has 0 aromatic heterocycles. The van der Waals surface area contributed by atoms with Crippen molar-refractivity contribution >= 4 is 5.97 Å². The van der Waals surface area contributed by atoms with E-state index in [0.29, 0.717) is 11.5 Å². The molecule has 20 heavy (non-hydrogen) atoms. The minimum atomic E-state index is -0.717. The number of carbonyl (C=O) groups is 1. The Hall–Kier alpha value is -1.31. The Labute approximate surface area is 120 Å². The van der Waals surface area contributed by atoms with Gasteiger partial charge in [0.25, 0.3) is 0 Å². The van der Waals surface area contributed by atoms with Crippen molar-refractivity contribution < 1.29 is 9.90 Å². The van der Waals surface area contributed by atoms with E-state index < -0.39 is 5.97 Å². The molecule has 2 nitrogen and oxygen atoms in total. The number of carboxylic acids is 1. The van der Waals surface area contributed by atoms with Gasteiger partial charge < -0.3 is 5.11 Å². The molecule has 106 valence electrons. The maximum Gasteiger partial charge on any atom is 0.335 e. The Morgan fingerprint density at radius 1 is 0.950 bits per heavy atom. The van der Waals surface area contributed by atoms with Gasteiger partial charge in [-0.25, -0.2) is 4.79 Å². The third-order valence-electron chi connectivity index (χ3n) is 5.86. The van der Waals surface area contributed by atoms with E-state index in [0.717, 1.165) is 25.2 Å². The van der Waals surface area contributed by atoms with Gasteiger partial charge in [0.05, 0.1) is 5.56 Å². The monoisotopic (exact) mass is 270 g/mol. The average Bonchev–Trinajstić information content (AvgIpc) is 2.94. The Morgan fingerprint density at radius 2 is 1.75 bits per heavy atom. The third-order valence-corrected chi connectivity index (χ3v) is 5.86. The van der Waals surface area contributed by atoms with Crippen LogP contribution < -0.4 is 0 Å². The number of aromatic carboxylic acids is 1. The molecule has 1 aromatic carbocycles. The summed E-state index contributed by atoms with van der Waals surface area (Å²) in [7, 11) is 0. The Kier molecular flexibility index (Phi) is 2.87. The minimum Gasteiger partial charge on any atom is -0.478 e. The van der Waals surface area contributed by atoms with Gasteiger partial charge in [-0.1, -0.05) is 6.42 Å². The van der Waals surface area contributed by atoms with E-state index in [1.54, 1.807) is 5.56 Å². The molecule has 4 rings (SSSR count). The second kappa shape index (κ2) is 4.61. The molecule has 2 atom stereocenters. The topological polar surface area (TPSA) is 37.3 Å². The van der Waals surface area contributed by atoms with Crippen LogP contribution in [-0.4, -0.2) is 11.1 Å². The van der Waals surface area contributed by atoms with Crippen molar-refractivity contribution in [3.63, 3.8) is 0 Å². The summed E-state index contributed by atoms with van der Waals surface area (Å²) in [5.74, 6) is 0.765. The smallest absolute Gasteiger partial charge is 0.335 e. The summed E-state index contributed by atoms with van der Waals surface area (Å²) < 4.78 is 0. The van der Waals surface area contributed by atoms with Crippen LogP contribution in [0.2, 0.25) is 0 Å². The number of hydrogen-bond acceptors (Lipinski definition) is 1. The van der Waals surface area contributed by atoms with Crippen molar-refractivity contribution in [1.29, 1.82) is 0 Å². The minimum absolute atomic E-state index is 0.617. The fourth-order valence-electron chi connectivity index (χ4n) is 4.98. The molecule has 1 N–H and O–H groups in total. The molecule has 0 bridgehead atoms. The van der Waals surface area contributed by atoms with Gasteiger partial charge in [0.1, 0.15) is 0 Å². The lowest BCUT2D eigenvalue weighted by molar-refractivity contribution is 0.0695. The van der Waals surface area contributed by atoms with Gasteiger partial charge in [-0.05, 0) is 91.5 Å². The molecule has 0 spiro atoms. The van der Waals surface area contributed by atoms with Crippen molar-refractivity contribution in [3.05, 3.63) is 33.9 Å². The molecule has 0 amide bonds. The van der Waals surface area contributed by atoms with E-state index in [2.05, 4.69) is 6.07 Å². The van der Waals surface area contributed by atoms with Crippen molar-refractivity contribution in [1.82, 2.24) is 0 Å². The Bertz CT molecular complexity index is 573. The van der Waals surface area contributed by atoms with Crippen LogP contribution in [0.4, 0.5) is 0 Å². The first-order chi connectivity index (χ1) is 9.75. The van der Waals surface area contributed by atoms with Crippen LogP contribution in [0.25, 0.3) is 0 Å². The van der Waals surface area contributed by atoms with E-state index in [-0.39, 0.29) is 0 Å². The number of carboxylic acid groups (broad SMARTS) is 1. The molecule has 1 fully saturated rings. The summed E-state index contributed by atoms with van der Waals surface area (Å²) in [6, 6.07) is 2.06. The number of rotatable bonds is 1. The summed E-state index contributed by atoms with van der Waals surface area (Å²) in [6.45, 7) is 0. The molecule has 1 aromatic rings. The number of benzene rings is 1. The quantitative estimate of drug-likeness (QED) is 0.834. The molecule has 0 heterocycles. The highest BCUT2D eigenvalue weighted by molar-refractivity contribution is 5.90. The molecule has 2 heteroatoms. The summed E-state index contributed by atoms with van der Waals surface area (Å²) >= 11 is 0. The zero-order chi connectivity index (χ0) is 13.7. The predicted octanol–water partition coefficient (Wildman–Crippen LogP) is 4.09. The third kappa shape index (κ3) is 1.73. The van der Waals surface area contributed by atoms with Gasteiger partial charge in [0.15, 0.2) is 0 Å². The molecular formula is C18H22O2. The molecular weight excluding hydrogens is 248 g/mol. The highest BCUT2D eigenvalue weighted by atomic mass is 16.4. The maximum atomic E-state index is 11.7. The highest BCUT2D eigenvalue weighted by Gasteiger charge is 2.36. The lowest BCUT2D eigenvalue weighted by atomic mass is 9.71. The molecule has 3 aliphatic carbocycles. The molecule has 0 radical (unpaired) electrons. The van der Waals surface area contributed by atoms with Crippen molar-refractivity contribution in [2.24, 2.45) is 5.92 Å². The van der Waals surface area contributed by atoms with E-state index in [4.69, 9.17) is 0 Å². The van der Waals surface area contributed by atoms with Crippen LogP contribution in [0.3, 0.4) is 0 Å². The first kappa shape index (κ1) is 12.4. The van der Waals surface area contributed by atoms with Gasteiger partial charge in [0.2, 0.25) is 0 Å². The van der Waals surface area contributed by atoms with Gasteiger partial charge >= 0.3 is 5.97 Å². The summed E-state index contributed by atoms with van der Waals surface area (Å²) in [6.07, 6.45) is 10.9. The van der Waals surface area contributed by atoms with E-state index >= 15 is 0 Å². The number of hydrogen-bond donors (Lipinski definition) is 1. The molecule has 1 saturated carbocycles. The van der Waals surface area contributed by atoms with Crippen LogP contribution in [0.5, 0.6) is 0 Å². The molecule has 3 aliphatic rings. The van der Waals surface area contributed by atoms with E-state index in [1.807, 2.05) is 0 Å². The van der Waals surface area contributed by atoms with Gasteiger partial charge in [-0.2, -0.15) is 0 Å². The molecule has 2 unspecified atom stereocenters. The Balaban J connectivity index is 1.92. The van der Waals surface area contributed by atoms with Crippen LogP contribution in [0.1, 0.15) is 77.1 Å². The normalized spacial score (nSPS) is 27.6. The summed E-state index contributed by atoms with van der Waals surface area (Å²) in [5, 5.41) is 9.58. The van der Waals surface area contributed by atoms with Crippen molar-refractivity contribution in [2.75, 3.05) is 0 Å². The van der Waals surface area contributed by atoms with Crippen LogP contribution >= 0.6 is 0 Å². The van der Waals surface area contributed by atoms with Gasteiger partial charge in [-0.15, -0.1) is 0 Å². The SMILES string of the molecule is O=C(O)c1cc2c(c3c1CCCC3)CCC1CCCC21. The summed E-state index contributed by atoms with van der Waals surface area (Å²) in [5.41, 5.74) is 6.17. The standard InChI is InChI=1S/C18H22O2/c19-18(20)17-10-16-12-7-3-4-11(12)8-9-15(16)13-5-1-2-6-14(13)17/h10-12H,1-9H2,(H,19,20). The zero-order valence-electron chi connectivity index (χ0n) is 12.0. The lowest BCUT2D eigenvalue weighted by Gasteiger charge is -2.33. The average molecular weight is 270 g/mol. The van der Waals surface area contributed by atoms with Crippen molar-refractivity contribution in [3.8, 4) is 0 Å². The summed E-state index contributed by atoms with van der Waals surface area (Å²) in [4.78, 5) is 11.7. The van der Waals surface area contributed by atoms with Crippen LogP contribution in [0, 0.1) is 5.92 Å². The molecule has 0 saturated heterocycles. The van der Waals surface area contributed by atoms with E-state index in [9.17, 15) is 9.90 Å². The van der Waals surface area contributed by atoms with Crippen LogP contribution in [0.15, 0.2) is 6.07 Å². The Morgan fingerprint density at radius 3 is 2.55 bits per heavy atom. The largest absolute Gasteiger partial charge is 0.478 e. The second-order valence-corrected chi connectivity index (χ2v) is 6.80. The first-order valence-electron chi connectivity index (χ1n) is 8.16. The zero-order valence-corrected chi connectivity index (χ0v) is 12.0. The van der Waals surface area contributed by atoms with Crippen LogP contribution in [-0.2, 0) is 19.3 Å². The number of fused-ring (bicyclic) bond motifs is 5. The first-order valence-corrected chi connectivity index (χ1v) is 8.16. The second-order valence-electron chi connectivity index (χ2n) is 6.80. The van der Waals surface area contributed by atoms with Gasteiger partial charge in [-0.3, -0.25) is 0 Å². The predicted molar refractivity (Wildman–Crippen MR) is 78.4 cm³/mol. The van der Waals surface area contributed by atoms with Gasteiger partial charge in [0, 0.05) is 0 Å². The lowest BCUT2D eigenvalue weighted by Crippen LogP contribution is -2.22. The fraction of sp³-hybridized carbons (Fsp3) is 0.611. The molecule has 0 aliphatic heterocycles. The fourth-order valence-corrected chi connectivity index (χ4v) is 4.98.